The number of carbonyl (C=O) groups is 1. The third-order valence-electron chi connectivity index (χ3n) is 5.26. The van der Waals surface area contributed by atoms with Gasteiger partial charge in [-0.15, -0.1) is 0 Å². The average Bonchev–Trinajstić information content (AvgIpc) is 2.61. The molecular formula is C24H28FN3O. The number of amides is 1. The number of hydrogen-bond acceptors (Lipinski definition) is 3. The van der Waals surface area contributed by atoms with Crippen LogP contribution in [0.25, 0.3) is 5.57 Å². The highest BCUT2D eigenvalue weighted by Gasteiger charge is 2.33. The Bertz CT molecular complexity index is 1010. The predicted molar refractivity (Wildman–Crippen MR) is 118 cm³/mol. The molecule has 0 fully saturated rings. The summed E-state index contributed by atoms with van der Waals surface area (Å²) in [6, 6.07) is 10.5. The molecule has 0 bridgehead atoms. The van der Waals surface area contributed by atoms with Crippen molar-refractivity contribution >= 4 is 23.4 Å². The van der Waals surface area contributed by atoms with E-state index in [9.17, 15) is 9.18 Å². The third-order valence-corrected chi connectivity index (χ3v) is 5.26. The van der Waals surface area contributed by atoms with Gasteiger partial charge in [0.1, 0.15) is 5.82 Å². The van der Waals surface area contributed by atoms with Gasteiger partial charge in [-0.05, 0) is 82.5 Å². The van der Waals surface area contributed by atoms with Gasteiger partial charge in [-0.25, -0.2) is 9.82 Å². The summed E-state index contributed by atoms with van der Waals surface area (Å²) < 4.78 is 13.7. The third kappa shape index (κ3) is 4.09. The summed E-state index contributed by atoms with van der Waals surface area (Å²) in [4.78, 5) is 14.6. The Hall–Kier alpha value is -2.95. The van der Waals surface area contributed by atoms with E-state index in [1.165, 1.54) is 23.4 Å². The Balaban J connectivity index is 1.89. The lowest BCUT2D eigenvalue weighted by Gasteiger charge is -2.46. The first kappa shape index (κ1) is 20.8. The van der Waals surface area contributed by atoms with Crippen LogP contribution in [0.15, 0.2) is 47.6 Å². The van der Waals surface area contributed by atoms with Gasteiger partial charge in [0.15, 0.2) is 0 Å². The number of nitrogens with zero attached hydrogens (tertiary/aromatic N) is 2. The smallest absolute Gasteiger partial charge is 0.274 e. The van der Waals surface area contributed by atoms with Crippen LogP contribution in [0.2, 0.25) is 0 Å². The monoisotopic (exact) mass is 393 g/mol. The van der Waals surface area contributed by atoms with E-state index in [-0.39, 0.29) is 11.1 Å². The van der Waals surface area contributed by atoms with Gasteiger partial charge >= 0.3 is 0 Å². The van der Waals surface area contributed by atoms with E-state index in [0.29, 0.717) is 6.04 Å². The molecule has 1 amide bonds. The van der Waals surface area contributed by atoms with Gasteiger partial charge in [0, 0.05) is 17.3 Å². The van der Waals surface area contributed by atoms with Crippen molar-refractivity contribution < 1.29 is 9.18 Å². The molecule has 0 aliphatic carbocycles. The van der Waals surface area contributed by atoms with Crippen LogP contribution >= 0.6 is 0 Å². The van der Waals surface area contributed by atoms with Crippen molar-refractivity contribution in [1.29, 1.82) is 0 Å². The largest absolute Gasteiger partial charge is 0.360 e. The highest BCUT2D eigenvalue weighted by molar-refractivity contribution is 5.95. The topological polar surface area (TPSA) is 44.7 Å². The number of halogens is 1. The van der Waals surface area contributed by atoms with Crippen LogP contribution in [0, 0.1) is 12.7 Å². The van der Waals surface area contributed by atoms with Crippen LogP contribution in [0.4, 0.5) is 10.1 Å². The fourth-order valence-electron chi connectivity index (χ4n) is 4.16. The molecular weight excluding hydrogens is 365 g/mol. The van der Waals surface area contributed by atoms with Gasteiger partial charge < -0.3 is 4.90 Å². The van der Waals surface area contributed by atoms with Crippen LogP contribution in [0.3, 0.4) is 0 Å². The molecule has 0 saturated carbocycles. The molecule has 5 heteroatoms. The number of anilines is 1. The molecule has 0 atom stereocenters. The fraction of sp³-hybridized carbons (Fsp3) is 0.333. The summed E-state index contributed by atoms with van der Waals surface area (Å²) in [5.74, 6) is -1.14. The first-order valence-electron chi connectivity index (χ1n) is 9.83. The summed E-state index contributed by atoms with van der Waals surface area (Å²) in [6.45, 7) is 13.0. The van der Waals surface area contributed by atoms with Gasteiger partial charge in [0.25, 0.3) is 5.91 Å². The van der Waals surface area contributed by atoms with Crippen LogP contribution in [0.5, 0.6) is 0 Å². The van der Waals surface area contributed by atoms with E-state index in [0.717, 1.165) is 16.7 Å². The average molecular weight is 394 g/mol. The zero-order valence-electron chi connectivity index (χ0n) is 17.9. The highest BCUT2D eigenvalue weighted by atomic mass is 19.1. The van der Waals surface area contributed by atoms with Crippen molar-refractivity contribution in [2.24, 2.45) is 5.10 Å². The van der Waals surface area contributed by atoms with Crippen LogP contribution in [-0.2, 0) is 0 Å². The van der Waals surface area contributed by atoms with Crippen molar-refractivity contribution in [3.8, 4) is 0 Å². The molecule has 1 aliphatic rings. The maximum atomic E-state index is 13.7. The molecule has 4 nitrogen and oxygen atoms in total. The summed E-state index contributed by atoms with van der Waals surface area (Å²) in [6.07, 6.45) is 3.90. The van der Waals surface area contributed by atoms with Crippen molar-refractivity contribution in [1.82, 2.24) is 5.43 Å². The Morgan fingerprint density at radius 1 is 1.21 bits per heavy atom. The molecule has 0 radical (unpaired) electrons. The zero-order valence-corrected chi connectivity index (χ0v) is 17.9. The maximum absolute atomic E-state index is 13.7. The number of hydrogen-bond donors (Lipinski definition) is 1. The molecule has 0 spiro atoms. The van der Waals surface area contributed by atoms with E-state index in [4.69, 9.17) is 0 Å². The lowest BCUT2D eigenvalue weighted by Crippen LogP contribution is -2.49. The molecule has 29 heavy (non-hydrogen) atoms. The predicted octanol–water partition coefficient (Wildman–Crippen LogP) is 5.31. The number of carbonyl (C=O) groups excluding carboxylic acids is 1. The Morgan fingerprint density at radius 3 is 2.55 bits per heavy atom. The SMILES string of the molecule is CC1=CC(C)(C)N(C(C)C)c2cc(C)c(/C=N\NC(=O)c3ccccc3F)cc21. The summed E-state index contributed by atoms with van der Waals surface area (Å²) in [5, 5.41) is 4.05. The van der Waals surface area contributed by atoms with E-state index >= 15 is 0 Å². The first-order chi connectivity index (χ1) is 13.6. The molecule has 152 valence electrons. The number of allylic oxidation sites excluding steroid dienone is 1. The van der Waals surface area contributed by atoms with Crippen LogP contribution in [0.1, 0.15) is 61.7 Å². The number of fused-ring (bicyclic) bond motifs is 1. The summed E-state index contributed by atoms with van der Waals surface area (Å²) >= 11 is 0. The Morgan fingerprint density at radius 2 is 1.90 bits per heavy atom. The molecule has 1 aliphatic heterocycles. The molecule has 2 aromatic carbocycles. The molecule has 1 N–H and O–H groups in total. The summed E-state index contributed by atoms with van der Waals surface area (Å²) in [7, 11) is 0. The molecule has 0 unspecified atom stereocenters. The quantitative estimate of drug-likeness (QED) is 0.565. The first-order valence-corrected chi connectivity index (χ1v) is 9.83. The van der Waals surface area contributed by atoms with Crippen molar-refractivity contribution in [3.05, 3.63) is 70.5 Å². The van der Waals surface area contributed by atoms with E-state index in [2.05, 4.69) is 68.3 Å². The van der Waals surface area contributed by atoms with E-state index in [1.54, 1.807) is 18.3 Å². The maximum Gasteiger partial charge on any atom is 0.274 e. The highest BCUT2D eigenvalue weighted by Crippen LogP contribution is 2.41. The molecule has 1 heterocycles. The second-order valence-electron chi connectivity index (χ2n) is 8.35. The summed E-state index contributed by atoms with van der Waals surface area (Å²) in [5.41, 5.74) is 7.86. The second-order valence-corrected chi connectivity index (χ2v) is 8.35. The zero-order chi connectivity index (χ0) is 21.3. The van der Waals surface area contributed by atoms with Crippen molar-refractivity contribution in [2.45, 2.75) is 53.1 Å². The lowest BCUT2D eigenvalue weighted by molar-refractivity contribution is 0.0951. The molecule has 0 aromatic heterocycles. The van der Waals surface area contributed by atoms with Gasteiger partial charge in [-0.3, -0.25) is 4.79 Å². The molecule has 3 rings (SSSR count). The Kier molecular flexibility index (Phi) is 5.60. The van der Waals surface area contributed by atoms with Crippen LogP contribution in [-0.4, -0.2) is 23.7 Å². The van der Waals surface area contributed by atoms with E-state index in [1.807, 2.05) is 6.92 Å². The standard InChI is InChI=1S/C24H28FN3O/c1-15(2)28-22-11-16(3)18(12-20(22)17(4)13-24(28,5)6)14-26-27-23(29)19-9-7-8-10-21(19)25/h7-15H,1-6H3,(H,27,29)/b26-14-. The number of rotatable bonds is 4. The molecule has 2 aromatic rings. The minimum absolute atomic E-state index is 0.0274. The number of benzene rings is 2. The van der Waals surface area contributed by atoms with Crippen molar-refractivity contribution in [3.63, 3.8) is 0 Å². The second kappa shape index (κ2) is 7.82. The molecule has 0 saturated heterocycles. The van der Waals surface area contributed by atoms with E-state index < -0.39 is 11.7 Å². The van der Waals surface area contributed by atoms with Gasteiger partial charge in [-0.2, -0.15) is 5.10 Å². The van der Waals surface area contributed by atoms with Gasteiger partial charge in [0.2, 0.25) is 0 Å². The lowest BCUT2D eigenvalue weighted by atomic mass is 9.86. The number of nitrogens with one attached hydrogen (secondary N) is 1. The number of hydrazone groups is 1. The minimum Gasteiger partial charge on any atom is -0.360 e. The van der Waals surface area contributed by atoms with Gasteiger partial charge in [-0.1, -0.05) is 18.2 Å². The minimum atomic E-state index is -0.571. The van der Waals surface area contributed by atoms with Crippen LogP contribution < -0.4 is 10.3 Å². The fourth-order valence-corrected chi connectivity index (χ4v) is 4.16. The van der Waals surface area contributed by atoms with Crippen molar-refractivity contribution in [2.75, 3.05) is 4.90 Å². The van der Waals surface area contributed by atoms with Gasteiger partial charge in [0.05, 0.1) is 17.3 Å². The normalized spacial score (nSPS) is 15.4. The Labute approximate surface area is 172 Å². The number of aryl methyl sites for hydroxylation is 1.